The highest BCUT2D eigenvalue weighted by molar-refractivity contribution is 6.02. The summed E-state index contributed by atoms with van der Waals surface area (Å²) in [6.45, 7) is 0.472. The second-order valence-corrected chi connectivity index (χ2v) is 7.25. The monoisotopic (exact) mass is 380 g/mol. The van der Waals surface area contributed by atoms with Gasteiger partial charge in [0.2, 0.25) is 0 Å². The van der Waals surface area contributed by atoms with E-state index >= 15 is 0 Å². The smallest absolute Gasteiger partial charge is 0.323 e. The van der Waals surface area contributed by atoms with E-state index in [0.717, 1.165) is 23.0 Å². The molecule has 1 saturated carbocycles. The average Bonchev–Trinajstić information content (AvgIpc) is 3.01. The third-order valence-electron chi connectivity index (χ3n) is 5.48. The van der Waals surface area contributed by atoms with Gasteiger partial charge in [0.1, 0.15) is 17.3 Å². The summed E-state index contributed by atoms with van der Waals surface area (Å²) in [5.41, 5.74) is 1.57. The molecule has 1 aromatic heterocycles. The number of aromatic nitrogens is 2. The second-order valence-electron chi connectivity index (χ2n) is 7.25. The van der Waals surface area contributed by atoms with Crippen molar-refractivity contribution >= 4 is 17.3 Å². The third-order valence-corrected chi connectivity index (χ3v) is 5.48. The molecule has 4 rings (SSSR count). The van der Waals surface area contributed by atoms with Crippen molar-refractivity contribution in [2.75, 3.05) is 4.90 Å². The van der Waals surface area contributed by atoms with Crippen LogP contribution in [-0.2, 0) is 13.6 Å². The first kappa shape index (κ1) is 18.0. The van der Waals surface area contributed by atoms with Crippen molar-refractivity contribution in [3.8, 4) is 0 Å². The summed E-state index contributed by atoms with van der Waals surface area (Å²) >= 11 is 0. The number of rotatable bonds is 2. The number of aliphatic imine (C=N–C) groups is 1. The molecule has 0 unspecified atom stereocenters. The summed E-state index contributed by atoms with van der Waals surface area (Å²) in [5.74, 6) is -0.140. The summed E-state index contributed by atoms with van der Waals surface area (Å²) in [6, 6.07) is 6.09. The molecule has 1 aliphatic carbocycles. The van der Waals surface area contributed by atoms with Gasteiger partial charge in [0.15, 0.2) is 5.82 Å². The van der Waals surface area contributed by atoms with Crippen LogP contribution >= 0.6 is 0 Å². The highest BCUT2D eigenvalue weighted by Gasteiger charge is 2.43. The SMILES string of the molecule is Cn1cnc2c1N=C(C1CCC(C(F)(F)F)CC1)N(c1ccc(F)cc1)C2. The lowest BCUT2D eigenvalue weighted by atomic mass is 9.80. The first-order valence-corrected chi connectivity index (χ1v) is 9.01. The van der Waals surface area contributed by atoms with Crippen LogP contribution in [0.5, 0.6) is 0 Å². The van der Waals surface area contributed by atoms with Gasteiger partial charge in [-0.3, -0.25) is 0 Å². The molecule has 0 spiro atoms. The van der Waals surface area contributed by atoms with Gasteiger partial charge in [0.05, 0.1) is 18.8 Å². The lowest BCUT2D eigenvalue weighted by Crippen LogP contribution is -2.40. The van der Waals surface area contributed by atoms with Gasteiger partial charge in [0, 0.05) is 18.7 Å². The van der Waals surface area contributed by atoms with Crippen LogP contribution in [0.25, 0.3) is 0 Å². The van der Waals surface area contributed by atoms with E-state index in [4.69, 9.17) is 4.99 Å². The molecular formula is C19H20F4N4. The fraction of sp³-hybridized carbons (Fsp3) is 0.474. The van der Waals surface area contributed by atoms with Crippen LogP contribution < -0.4 is 4.90 Å². The number of imidazole rings is 1. The minimum Gasteiger partial charge on any atom is -0.323 e. The zero-order valence-electron chi connectivity index (χ0n) is 14.9. The van der Waals surface area contributed by atoms with Crippen LogP contribution in [0.2, 0.25) is 0 Å². The maximum Gasteiger partial charge on any atom is 0.391 e. The van der Waals surface area contributed by atoms with E-state index in [0.29, 0.717) is 19.4 Å². The maximum absolute atomic E-state index is 13.3. The Morgan fingerprint density at radius 2 is 1.70 bits per heavy atom. The van der Waals surface area contributed by atoms with Crippen molar-refractivity contribution in [3.05, 3.63) is 42.1 Å². The van der Waals surface area contributed by atoms with Crippen LogP contribution in [-0.4, -0.2) is 21.6 Å². The Balaban J connectivity index is 1.65. The summed E-state index contributed by atoms with van der Waals surface area (Å²) < 4.78 is 54.2. The number of amidine groups is 1. The Kier molecular flexibility index (Phi) is 4.44. The van der Waals surface area contributed by atoms with E-state index in [1.54, 1.807) is 18.5 Å². The van der Waals surface area contributed by atoms with E-state index in [-0.39, 0.29) is 24.6 Å². The number of hydrogen-bond donors (Lipinski definition) is 0. The van der Waals surface area contributed by atoms with E-state index in [2.05, 4.69) is 4.98 Å². The molecule has 1 aromatic carbocycles. The highest BCUT2D eigenvalue weighted by atomic mass is 19.4. The largest absolute Gasteiger partial charge is 0.391 e. The molecule has 4 nitrogen and oxygen atoms in total. The summed E-state index contributed by atoms with van der Waals surface area (Å²) in [6.07, 6.45) is -1.35. The van der Waals surface area contributed by atoms with Crippen LogP contribution in [0.3, 0.4) is 0 Å². The molecule has 0 saturated heterocycles. The van der Waals surface area contributed by atoms with Gasteiger partial charge >= 0.3 is 6.18 Å². The van der Waals surface area contributed by atoms with Crippen molar-refractivity contribution in [2.45, 2.75) is 38.4 Å². The summed E-state index contributed by atoms with van der Waals surface area (Å²) in [5, 5.41) is 0. The van der Waals surface area contributed by atoms with Gasteiger partial charge < -0.3 is 9.47 Å². The number of anilines is 1. The van der Waals surface area contributed by atoms with Crippen molar-refractivity contribution in [1.82, 2.24) is 9.55 Å². The number of nitrogens with zero attached hydrogens (tertiary/aromatic N) is 4. The Bertz CT molecular complexity index is 846. The van der Waals surface area contributed by atoms with Gasteiger partial charge in [-0.2, -0.15) is 13.2 Å². The lowest BCUT2D eigenvalue weighted by molar-refractivity contribution is -0.182. The topological polar surface area (TPSA) is 33.4 Å². The first-order valence-electron chi connectivity index (χ1n) is 9.01. The van der Waals surface area contributed by atoms with Crippen molar-refractivity contribution in [2.24, 2.45) is 23.9 Å². The van der Waals surface area contributed by atoms with Crippen LogP contribution in [0.1, 0.15) is 31.4 Å². The maximum atomic E-state index is 13.3. The predicted molar refractivity (Wildman–Crippen MR) is 94.4 cm³/mol. The Morgan fingerprint density at radius 3 is 2.33 bits per heavy atom. The van der Waals surface area contributed by atoms with E-state index in [1.165, 1.54) is 12.1 Å². The molecule has 0 N–H and O–H groups in total. The Labute approximate surface area is 154 Å². The summed E-state index contributed by atoms with van der Waals surface area (Å²) in [4.78, 5) is 11.1. The van der Waals surface area contributed by atoms with Crippen molar-refractivity contribution in [1.29, 1.82) is 0 Å². The molecule has 8 heteroatoms. The van der Waals surface area contributed by atoms with Crippen LogP contribution in [0, 0.1) is 17.7 Å². The molecule has 2 heterocycles. The molecule has 144 valence electrons. The van der Waals surface area contributed by atoms with Crippen LogP contribution in [0.4, 0.5) is 29.1 Å². The quantitative estimate of drug-likeness (QED) is 0.689. The third kappa shape index (κ3) is 3.44. The lowest BCUT2D eigenvalue weighted by Gasteiger charge is -2.37. The number of benzene rings is 1. The number of aryl methyl sites for hydroxylation is 1. The minimum absolute atomic E-state index is 0.0586. The fourth-order valence-electron chi connectivity index (χ4n) is 3.96. The number of hydrogen-bond acceptors (Lipinski definition) is 3. The van der Waals surface area contributed by atoms with Gasteiger partial charge in [-0.25, -0.2) is 14.4 Å². The molecule has 1 fully saturated rings. The number of halogens is 4. The molecule has 0 atom stereocenters. The fourth-order valence-corrected chi connectivity index (χ4v) is 3.96. The molecule has 0 bridgehead atoms. The van der Waals surface area contributed by atoms with E-state index < -0.39 is 12.1 Å². The van der Waals surface area contributed by atoms with Gasteiger partial charge in [-0.1, -0.05) is 0 Å². The normalized spacial score (nSPS) is 23.1. The minimum atomic E-state index is -4.13. The number of fused-ring (bicyclic) bond motifs is 1. The number of alkyl halides is 3. The van der Waals surface area contributed by atoms with Crippen LogP contribution in [0.15, 0.2) is 35.6 Å². The van der Waals surface area contributed by atoms with Gasteiger partial charge in [0.25, 0.3) is 0 Å². The molecule has 1 aliphatic heterocycles. The van der Waals surface area contributed by atoms with E-state index in [9.17, 15) is 17.6 Å². The van der Waals surface area contributed by atoms with E-state index in [1.807, 2.05) is 16.5 Å². The molecule has 27 heavy (non-hydrogen) atoms. The Hall–Kier alpha value is -2.38. The second kappa shape index (κ2) is 6.65. The van der Waals surface area contributed by atoms with Crippen molar-refractivity contribution < 1.29 is 17.6 Å². The predicted octanol–water partition coefficient (Wildman–Crippen LogP) is 4.98. The Morgan fingerprint density at radius 1 is 1.04 bits per heavy atom. The summed E-state index contributed by atoms with van der Waals surface area (Å²) in [7, 11) is 1.85. The zero-order valence-corrected chi connectivity index (χ0v) is 14.9. The standard InChI is InChI=1S/C19H20F4N4/c1-26-11-24-16-10-27(15-8-6-14(20)7-9-15)17(25-18(16)26)12-2-4-13(5-3-12)19(21,22)23/h6-9,11-13H,2-5,10H2,1H3. The molecular weight excluding hydrogens is 360 g/mol. The zero-order chi connectivity index (χ0) is 19.2. The van der Waals surface area contributed by atoms with Gasteiger partial charge in [-0.05, 0) is 49.9 Å². The molecule has 2 aliphatic rings. The highest BCUT2D eigenvalue weighted by Crippen LogP contribution is 2.42. The molecule has 2 aromatic rings. The molecule has 0 radical (unpaired) electrons. The van der Waals surface area contributed by atoms with Gasteiger partial charge in [-0.15, -0.1) is 0 Å². The van der Waals surface area contributed by atoms with Crippen molar-refractivity contribution in [3.63, 3.8) is 0 Å². The first-order chi connectivity index (χ1) is 12.8. The molecule has 0 amide bonds. The average molecular weight is 380 g/mol.